The van der Waals surface area contributed by atoms with Gasteiger partial charge in [-0.25, -0.2) is 0 Å². The summed E-state index contributed by atoms with van der Waals surface area (Å²) in [4.78, 5) is 14.3. The number of nitrogens with zero attached hydrogens (tertiary/aromatic N) is 2. The molecule has 4 nitrogen and oxygen atoms in total. The Labute approximate surface area is 95.0 Å². The molecule has 1 aliphatic heterocycles. The van der Waals surface area contributed by atoms with Crippen molar-refractivity contribution in [1.29, 1.82) is 0 Å². The zero-order valence-electron chi connectivity index (χ0n) is 9.62. The van der Waals surface area contributed by atoms with E-state index in [1.165, 1.54) is 6.42 Å². The van der Waals surface area contributed by atoms with Crippen molar-refractivity contribution in [3.8, 4) is 0 Å². The van der Waals surface area contributed by atoms with Gasteiger partial charge in [0.25, 0.3) is 0 Å². The van der Waals surface area contributed by atoms with Crippen molar-refractivity contribution in [3.05, 3.63) is 17.0 Å². The number of hydrogen-bond acceptors (Lipinski definition) is 3. The van der Waals surface area contributed by atoms with Gasteiger partial charge in [0.05, 0.1) is 17.3 Å². The van der Waals surface area contributed by atoms with Crippen LogP contribution in [0.15, 0.2) is 0 Å². The molecule has 1 aromatic heterocycles. The molecule has 1 N–H and O–H groups in total. The Kier molecular flexibility index (Phi) is 2.32. The molecule has 1 atom stereocenters. The Morgan fingerprint density at radius 1 is 1.38 bits per heavy atom. The number of ketones is 1. The topological polar surface area (TPSA) is 49.0 Å². The van der Waals surface area contributed by atoms with Crippen LogP contribution in [0.3, 0.4) is 0 Å². The third-order valence-electron chi connectivity index (χ3n) is 3.81. The van der Waals surface area contributed by atoms with Crippen LogP contribution < -0.4 is 0 Å². The molecule has 1 aromatic rings. The highest BCUT2D eigenvalue weighted by Crippen LogP contribution is 2.34. The molecule has 3 rings (SSSR count). The number of fused-ring (bicyclic) bond motifs is 1. The van der Waals surface area contributed by atoms with Crippen molar-refractivity contribution in [1.82, 2.24) is 15.1 Å². The molecule has 1 fully saturated rings. The monoisotopic (exact) mass is 219 g/mol. The summed E-state index contributed by atoms with van der Waals surface area (Å²) in [6, 6.07) is 0.349. The van der Waals surface area contributed by atoms with Crippen LogP contribution in [-0.2, 0) is 6.42 Å². The quantitative estimate of drug-likeness (QED) is 0.782. The molecule has 0 amide bonds. The van der Waals surface area contributed by atoms with E-state index in [9.17, 15) is 4.79 Å². The van der Waals surface area contributed by atoms with Gasteiger partial charge in [0.15, 0.2) is 5.78 Å². The highest BCUT2D eigenvalue weighted by Gasteiger charge is 2.32. The molecule has 16 heavy (non-hydrogen) atoms. The van der Waals surface area contributed by atoms with Gasteiger partial charge in [0.2, 0.25) is 0 Å². The standard InChI is InChI=1S/C12H17N3O/c1-15-7-3-5-9(15)12-11-8(13-14-12)4-2-6-10(11)16/h9H,2-7H2,1H3,(H,13,14)/t9-/m0/s1. The zero-order valence-corrected chi connectivity index (χ0v) is 9.62. The van der Waals surface area contributed by atoms with E-state index in [1.807, 2.05) is 0 Å². The van der Waals surface area contributed by atoms with Crippen molar-refractivity contribution < 1.29 is 4.79 Å². The van der Waals surface area contributed by atoms with Gasteiger partial charge >= 0.3 is 0 Å². The molecule has 2 heterocycles. The Morgan fingerprint density at radius 3 is 3.00 bits per heavy atom. The van der Waals surface area contributed by atoms with Gasteiger partial charge in [-0.1, -0.05) is 0 Å². The van der Waals surface area contributed by atoms with Gasteiger partial charge in [-0.15, -0.1) is 0 Å². The van der Waals surface area contributed by atoms with Crippen LogP contribution in [0, 0.1) is 0 Å². The Hall–Kier alpha value is -1.16. The molecule has 0 saturated carbocycles. The molecule has 86 valence electrons. The van der Waals surface area contributed by atoms with E-state index in [1.54, 1.807) is 0 Å². The molecule has 2 aliphatic rings. The van der Waals surface area contributed by atoms with E-state index in [4.69, 9.17) is 0 Å². The van der Waals surface area contributed by atoms with Gasteiger partial charge < -0.3 is 0 Å². The predicted molar refractivity (Wildman–Crippen MR) is 60.5 cm³/mol. The first kappa shape index (κ1) is 10.0. The summed E-state index contributed by atoms with van der Waals surface area (Å²) in [6.07, 6.45) is 4.96. The summed E-state index contributed by atoms with van der Waals surface area (Å²) in [7, 11) is 2.12. The molecule has 0 unspecified atom stereocenters. The fourth-order valence-corrected chi connectivity index (χ4v) is 2.93. The van der Waals surface area contributed by atoms with Crippen LogP contribution in [0.4, 0.5) is 0 Å². The smallest absolute Gasteiger partial charge is 0.166 e. The van der Waals surface area contributed by atoms with E-state index in [0.717, 1.165) is 42.8 Å². The van der Waals surface area contributed by atoms with E-state index in [0.29, 0.717) is 12.5 Å². The highest BCUT2D eigenvalue weighted by molar-refractivity contribution is 5.99. The number of hydrogen-bond donors (Lipinski definition) is 1. The number of carbonyl (C=O) groups excluding carboxylic acids is 1. The van der Waals surface area contributed by atoms with Crippen LogP contribution in [-0.4, -0.2) is 34.5 Å². The van der Waals surface area contributed by atoms with E-state index >= 15 is 0 Å². The molecule has 1 saturated heterocycles. The van der Waals surface area contributed by atoms with Crippen LogP contribution >= 0.6 is 0 Å². The Bertz CT molecular complexity index is 424. The van der Waals surface area contributed by atoms with Gasteiger partial charge in [-0.2, -0.15) is 5.10 Å². The summed E-state index contributed by atoms with van der Waals surface area (Å²) < 4.78 is 0. The number of H-pyrrole nitrogens is 1. The fraction of sp³-hybridized carbons (Fsp3) is 0.667. The second-order valence-corrected chi connectivity index (χ2v) is 4.88. The first-order valence-electron chi connectivity index (χ1n) is 6.08. The summed E-state index contributed by atoms with van der Waals surface area (Å²) >= 11 is 0. The molecule has 0 radical (unpaired) electrons. The molecule has 1 aliphatic carbocycles. The molecular formula is C12H17N3O. The van der Waals surface area contributed by atoms with E-state index in [2.05, 4.69) is 22.1 Å². The second-order valence-electron chi connectivity index (χ2n) is 4.88. The van der Waals surface area contributed by atoms with E-state index in [-0.39, 0.29) is 5.78 Å². The third kappa shape index (κ3) is 1.40. The largest absolute Gasteiger partial charge is 0.298 e. The normalized spacial score (nSPS) is 26.1. The third-order valence-corrected chi connectivity index (χ3v) is 3.81. The first-order valence-corrected chi connectivity index (χ1v) is 6.08. The highest BCUT2D eigenvalue weighted by atomic mass is 16.1. The van der Waals surface area contributed by atoms with Crippen molar-refractivity contribution in [2.24, 2.45) is 0 Å². The molecule has 4 heteroatoms. The first-order chi connectivity index (χ1) is 7.77. The van der Waals surface area contributed by atoms with Crippen molar-refractivity contribution in [3.63, 3.8) is 0 Å². The maximum atomic E-state index is 12.0. The second kappa shape index (κ2) is 3.70. The van der Waals surface area contributed by atoms with Crippen molar-refractivity contribution >= 4 is 5.78 Å². The zero-order chi connectivity index (χ0) is 11.1. The average Bonchev–Trinajstić information content (AvgIpc) is 2.84. The van der Waals surface area contributed by atoms with Crippen LogP contribution in [0.25, 0.3) is 0 Å². The Balaban J connectivity index is 2.01. The molecule has 0 spiro atoms. The minimum atomic E-state index is 0.283. The number of likely N-dealkylation sites (tertiary alicyclic amines) is 1. The minimum Gasteiger partial charge on any atom is -0.298 e. The lowest BCUT2D eigenvalue weighted by molar-refractivity contribution is 0.0970. The van der Waals surface area contributed by atoms with E-state index < -0.39 is 0 Å². The summed E-state index contributed by atoms with van der Waals surface area (Å²) in [6.45, 7) is 1.11. The van der Waals surface area contributed by atoms with Crippen LogP contribution in [0.1, 0.15) is 53.5 Å². The summed E-state index contributed by atoms with van der Waals surface area (Å²) in [5.41, 5.74) is 2.97. The maximum Gasteiger partial charge on any atom is 0.166 e. The van der Waals surface area contributed by atoms with Crippen LogP contribution in [0.5, 0.6) is 0 Å². The number of aromatic amines is 1. The van der Waals surface area contributed by atoms with Crippen molar-refractivity contribution in [2.75, 3.05) is 13.6 Å². The average molecular weight is 219 g/mol. The number of Topliss-reactive ketones (excluding diaryl/α,β-unsaturated/α-hetero) is 1. The van der Waals surface area contributed by atoms with Gasteiger partial charge in [0, 0.05) is 12.1 Å². The lowest BCUT2D eigenvalue weighted by Gasteiger charge is -2.19. The number of rotatable bonds is 1. The lowest BCUT2D eigenvalue weighted by Crippen LogP contribution is -2.21. The number of nitrogens with one attached hydrogen (secondary N) is 1. The summed E-state index contributed by atoms with van der Waals surface area (Å²) in [5, 5.41) is 7.45. The lowest BCUT2D eigenvalue weighted by atomic mass is 9.92. The van der Waals surface area contributed by atoms with Gasteiger partial charge in [0.1, 0.15) is 0 Å². The SMILES string of the molecule is CN1CCC[C@H]1c1n[nH]c2c1C(=O)CCC2. The predicted octanol–water partition coefficient (Wildman–Crippen LogP) is 1.70. The van der Waals surface area contributed by atoms with Gasteiger partial charge in [-0.05, 0) is 39.3 Å². The fourth-order valence-electron chi connectivity index (χ4n) is 2.93. The van der Waals surface area contributed by atoms with Gasteiger partial charge in [-0.3, -0.25) is 14.8 Å². The number of aromatic nitrogens is 2. The molecule has 0 aromatic carbocycles. The number of aryl methyl sites for hydroxylation is 1. The maximum absolute atomic E-state index is 12.0. The molecule has 0 bridgehead atoms. The summed E-state index contributed by atoms with van der Waals surface area (Å²) in [5.74, 6) is 0.283. The Morgan fingerprint density at radius 2 is 2.25 bits per heavy atom. The minimum absolute atomic E-state index is 0.283. The van der Waals surface area contributed by atoms with Crippen LogP contribution in [0.2, 0.25) is 0 Å². The van der Waals surface area contributed by atoms with Crippen molar-refractivity contribution in [2.45, 2.75) is 38.1 Å². The molecular weight excluding hydrogens is 202 g/mol. The number of carbonyl (C=O) groups is 1.